The van der Waals surface area contributed by atoms with Gasteiger partial charge in [0.25, 0.3) is 0 Å². The molecule has 18 heavy (non-hydrogen) atoms. The third-order valence-corrected chi connectivity index (χ3v) is 2.98. The summed E-state index contributed by atoms with van der Waals surface area (Å²) >= 11 is 8.79. The van der Waals surface area contributed by atoms with Crippen molar-refractivity contribution in [2.45, 2.75) is 6.54 Å². The zero-order valence-corrected chi connectivity index (χ0v) is 11.2. The van der Waals surface area contributed by atoms with Crippen LogP contribution in [0.15, 0.2) is 28.9 Å². The van der Waals surface area contributed by atoms with Crippen molar-refractivity contribution in [1.29, 1.82) is 0 Å². The fraction of sp³-hybridized carbons (Fsp3) is 0.100. The van der Waals surface area contributed by atoms with E-state index in [1.54, 1.807) is 12.1 Å². The first kappa shape index (κ1) is 13.0. The van der Waals surface area contributed by atoms with Gasteiger partial charge in [-0.1, -0.05) is 33.6 Å². The Morgan fingerprint density at radius 3 is 2.83 bits per heavy atom. The molecule has 0 bridgehead atoms. The predicted octanol–water partition coefficient (Wildman–Crippen LogP) is 3.39. The molecular formula is C10H6BrClFN3O2. The third-order valence-electron chi connectivity index (χ3n) is 2.22. The number of aromatic nitrogens is 2. The lowest BCUT2D eigenvalue weighted by Crippen LogP contribution is -2.03. The minimum absolute atomic E-state index is 0.0717. The van der Waals surface area contributed by atoms with Crippen LogP contribution in [0.4, 0.5) is 10.2 Å². The van der Waals surface area contributed by atoms with Crippen LogP contribution in [0.1, 0.15) is 5.56 Å². The number of hydrogen-bond acceptors (Lipinski definition) is 3. The summed E-state index contributed by atoms with van der Waals surface area (Å²) in [5.41, 5.74) is 0.368. The first-order valence-corrected chi connectivity index (χ1v) is 5.95. The van der Waals surface area contributed by atoms with E-state index in [1.165, 1.54) is 16.9 Å². The zero-order valence-electron chi connectivity index (χ0n) is 8.81. The molecule has 94 valence electrons. The number of hydrogen-bond donors (Lipinski definition) is 0. The van der Waals surface area contributed by atoms with Crippen LogP contribution in [0.5, 0.6) is 0 Å². The van der Waals surface area contributed by atoms with Crippen LogP contribution in [-0.4, -0.2) is 14.7 Å². The number of rotatable bonds is 3. The fourth-order valence-electron chi connectivity index (χ4n) is 1.42. The standard InChI is InChI=1S/C10H6BrClFN3O2/c11-7-2-1-6(9(13)3-7)4-15-5-8(12)10(14-15)16(17)18/h1-3,5H,4H2. The van der Waals surface area contributed by atoms with Crippen molar-refractivity contribution in [3.8, 4) is 0 Å². The second kappa shape index (κ2) is 5.03. The average molecular weight is 335 g/mol. The number of benzene rings is 1. The minimum atomic E-state index is -0.684. The second-order valence-corrected chi connectivity index (χ2v) is 4.81. The van der Waals surface area contributed by atoms with E-state index in [-0.39, 0.29) is 11.6 Å². The molecule has 0 aliphatic carbocycles. The Morgan fingerprint density at radius 1 is 1.56 bits per heavy atom. The SMILES string of the molecule is O=[N+]([O-])c1nn(Cc2ccc(Br)cc2F)cc1Cl. The molecule has 0 N–H and O–H groups in total. The average Bonchev–Trinajstić information content (AvgIpc) is 2.64. The van der Waals surface area contributed by atoms with Crippen molar-refractivity contribution in [2.75, 3.05) is 0 Å². The first-order valence-electron chi connectivity index (χ1n) is 4.78. The Kier molecular flexibility index (Phi) is 3.63. The highest BCUT2D eigenvalue weighted by Crippen LogP contribution is 2.22. The van der Waals surface area contributed by atoms with Crippen LogP contribution < -0.4 is 0 Å². The summed E-state index contributed by atoms with van der Waals surface area (Å²) in [7, 11) is 0. The molecule has 0 amide bonds. The van der Waals surface area contributed by atoms with Gasteiger partial charge in [-0.2, -0.15) is 4.68 Å². The molecule has 5 nitrogen and oxygen atoms in total. The van der Waals surface area contributed by atoms with Gasteiger partial charge < -0.3 is 10.1 Å². The maximum Gasteiger partial charge on any atom is 0.408 e. The zero-order chi connectivity index (χ0) is 13.3. The second-order valence-electron chi connectivity index (χ2n) is 3.49. The molecule has 8 heteroatoms. The minimum Gasteiger partial charge on any atom is -0.358 e. The summed E-state index contributed by atoms with van der Waals surface area (Å²) < 4.78 is 15.4. The predicted molar refractivity (Wildman–Crippen MR) is 67.1 cm³/mol. The normalized spacial score (nSPS) is 10.6. The molecule has 1 aromatic carbocycles. The van der Waals surface area contributed by atoms with Crippen molar-refractivity contribution in [3.05, 3.63) is 55.4 Å². The van der Waals surface area contributed by atoms with Gasteiger partial charge in [0.05, 0.1) is 17.8 Å². The number of nitro groups is 1. The Hall–Kier alpha value is -1.47. The molecule has 0 spiro atoms. The van der Waals surface area contributed by atoms with Crippen LogP contribution >= 0.6 is 27.5 Å². The van der Waals surface area contributed by atoms with E-state index in [9.17, 15) is 14.5 Å². The lowest BCUT2D eigenvalue weighted by Gasteiger charge is -2.01. The maximum atomic E-state index is 13.6. The molecule has 0 saturated carbocycles. The topological polar surface area (TPSA) is 61.0 Å². The van der Waals surface area contributed by atoms with Crippen LogP contribution in [0.2, 0.25) is 5.02 Å². The van der Waals surface area contributed by atoms with Crippen LogP contribution in [-0.2, 0) is 6.54 Å². The van der Waals surface area contributed by atoms with E-state index in [4.69, 9.17) is 11.6 Å². The van der Waals surface area contributed by atoms with Crippen LogP contribution in [0.3, 0.4) is 0 Å². The van der Waals surface area contributed by atoms with Gasteiger partial charge in [-0.05, 0) is 17.1 Å². The van der Waals surface area contributed by atoms with E-state index in [2.05, 4.69) is 21.0 Å². The van der Waals surface area contributed by atoms with Gasteiger partial charge in [0.15, 0.2) is 5.02 Å². The lowest BCUT2D eigenvalue weighted by atomic mass is 10.2. The van der Waals surface area contributed by atoms with Gasteiger partial charge in [0.2, 0.25) is 0 Å². The maximum absolute atomic E-state index is 13.6. The van der Waals surface area contributed by atoms with Crippen molar-refractivity contribution in [2.24, 2.45) is 0 Å². The highest BCUT2D eigenvalue weighted by Gasteiger charge is 2.19. The number of nitrogens with zero attached hydrogens (tertiary/aromatic N) is 3. The van der Waals surface area contributed by atoms with E-state index in [0.29, 0.717) is 10.0 Å². The van der Waals surface area contributed by atoms with Crippen molar-refractivity contribution in [3.63, 3.8) is 0 Å². The quantitative estimate of drug-likeness (QED) is 0.638. The van der Waals surface area contributed by atoms with Gasteiger partial charge in [0.1, 0.15) is 5.82 Å². The molecular weight excluding hydrogens is 328 g/mol. The smallest absolute Gasteiger partial charge is 0.358 e. The highest BCUT2D eigenvalue weighted by molar-refractivity contribution is 9.10. The molecule has 1 heterocycles. The Morgan fingerprint density at radius 2 is 2.28 bits per heavy atom. The van der Waals surface area contributed by atoms with Gasteiger partial charge in [0, 0.05) is 10.0 Å². The Balaban J connectivity index is 2.29. The van der Waals surface area contributed by atoms with Crippen molar-refractivity contribution in [1.82, 2.24) is 9.78 Å². The molecule has 0 aliphatic heterocycles. The molecule has 0 saturated heterocycles. The summed E-state index contributed by atoms with van der Waals surface area (Å²) in [6, 6.07) is 4.56. The van der Waals surface area contributed by atoms with Gasteiger partial charge in [-0.15, -0.1) is 0 Å². The summed E-state index contributed by atoms with van der Waals surface area (Å²) in [5.74, 6) is -0.854. The Labute approximate surface area is 114 Å². The van der Waals surface area contributed by atoms with Gasteiger partial charge in [-0.25, -0.2) is 4.39 Å². The van der Waals surface area contributed by atoms with E-state index >= 15 is 0 Å². The first-order chi connectivity index (χ1) is 8.47. The van der Waals surface area contributed by atoms with Crippen LogP contribution in [0, 0.1) is 15.9 Å². The summed E-state index contributed by atoms with van der Waals surface area (Å²) in [6.07, 6.45) is 1.29. The molecule has 2 rings (SSSR count). The largest absolute Gasteiger partial charge is 0.408 e. The fourth-order valence-corrected chi connectivity index (χ4v) is 1.97. The molecule has 1 aromatic heterocycles. The number of halogens is 3. The molecule has 0 aliphatic rings. The summed E-state index contributed by atoms with van der Waals surface area (Å²) in [5, 5.41) is 14.2. The van der Waals surface area contributed by atoms with E-state index in [1.807, 2.05) is 0 Å². The molecule has 0 atom stereocenters. The molecule has 0 radical (unpaired) electrons. The summed E-state index contributed by atoms with van der Waals surface area (Å²) in [4.78, 5) is 9.88. The Bertz CT molecular complexity index is 617. The molecule has 0 fully saturated rings. The van der Waals surface area contributed by atoms with Crippen molar-refractivity contribution < 1.29 is 9.31 Å². The summed E-state index contributed by atoms with van der Waals surface area (Å²) in [6.45, 7) is 0.0761. The van der Waals surface area contributed by atoms with E-state index < -0.39 is 16.6 Å². The monoisotopic (exact) mass is 333 g/mol. The van der Waals surface area contributed by atoms with Gasteiger partial charge in [-0.3, -0.25) is 0 Å². The van der Waals surface area contributed by atoms with Gasteiger partial charge >= 0.3 is 5.82 Å². The highest BCUT2D eigenvalue weighted by atomic mass is 79.9. The van der Waals surface area contributed by atoms with E-state index in [0.717, 1.165) is 0 Å². The van der Waals surface area contributed by atoms with Crippen LogP contribution in [0.25, 0.3) is 0 Å². The third kappa shape index (κ3) is 2.68. The van der Waals surface area contributed by atoms with Crippen molar-refractivity contribution >= 4 is 33.3 Å². The lowest BCUT2D eigenvalue weighted by molar-refractivity contribution is -0.389. The molecule has 2 aromatic rings. The molecule has 0 unspecified atom stereocenters.